The third-order valence-corrected chi connectivity index (χ3v) is 9.77. The van der Waals surface area contributed by atoms with Crippen LogP contribution in [0.1, 0.15) is 57.7 Å². The van der Waals surface area contributed by atoms with E-state index >= 15 is 0 Å². The number of nitrogens with one attached hydrogen (secondary N) is 3. The van der Waals surface area contributed by atoms with Crippen molar-refractivity contribution < 1.29 is 13.2 Å². The number of aromatic nitrogens is 2. The Kier molecular flexibility index (Phi) is 9.79. The number of piperidine rings is 1. The highest BCUT2D eigenvalue weighted by molar-refractivity contribution is 7.92. The van der Waals surface area contributed by atoms with Gasteiger partial charge in [-0.3, -0.25) is 0 Å². The van der Waals surface area contributed by atoms with E-state index in [2.05, 4.69) is 64.0 Å². The molecule has 11 heteroatoms. The maximum atomic E-state index is 12.9. The van der Waals surface area contributed by atoms with Gasteiger partial charge < -0.3 is 25.6 Å². The van der Waals surface area contributed by atoms with Crippen LogP contribution in [0.2, 0.25) is 5.02 Å². The molecule has 1 aliphatic rings. The summed E-state index contributed by atoms with van der Waals surface area (Å²) in [4.78, 5) is 11.4. The highest BCUT2D eigenvalue weighted by atomic mass is 35.5. The van der Waals surface area contributed by atoms with Gasteiger partial charge in [-0.2, -0.15) is 4.98 Å². The maximum absolute atomic E-state index is 12.9. The Morgan fingerprint density at radius 1 is 1.07 bits per heavy atom. The molecule has 9 nitrogen and oxygen atoms in total. The van der Waals surface area contributed by atoms with E-state index in [0.29, 0.717) is 23.4 Å². The van der Waals surface area contributed by atoms with E-state index < -0.39 is 15.1 Å². The number of aryl methyl sites for hydroxylation is 1. The van der Waals surface area contributed by atoms with Crippen LogP contribution in [0.15, 0.2) is 47.5 Å². The van der Waals surface area contributed by atoms with Gasteiger partial charge in [-0.05, 0) is 96.9 Å². The van der Waals surface area contributed by atoms with Crippen molar-refractivity contribution in [1.29, 1.82) is 0 Å². The van der Waals surface area contributed by atoms with Crippen molar-refractivity contribution in [3.8, 4) is 5.75 Å². The number of hydrogen-bond acceptors (Lipinski definition) is 9. The van der Waals surface area contributed by atoms with Crippen molar-refractivity contribution in [1.82, 2.24) is 20.2 Å². The van der Waals surface area contributed by atoms with Crippen molar-refractivity contribution in [3.05, 3.63) is 58.7 Å². The summed E-state index contributed by atoms with van der Waals surface area (Å²) in [7, 11) is 0.717. The molecule has 2 atom stereocenters. The first-order valence-corrected chi connectivity index (χ1v) is 15.9. The zero-order valence-electron chi connectivity index (χ0n) is 24.8. The summed E-state index contributed by atoms with van der Waals surface area (Å²) in [5, 5.41) is 9.79. The topological polar surface area (TPSA) is 108 Å². The van der Waals surface area contributed by atoms with Gasteiger partial charge in [0, 0.05) is 18.6 Å². The smallest absolute Gasteiger partial charge is 0.229 e. The molecular formula is C30H41ClN6O3S. The molecule has 1 aromatic heterocycles. The van der Waals surface area contributed by atoms with Gasteiger partial charge in [0.25, 0.3) is 0 Å². The Morgan fingerprint density at radius 3 is 2.44 bits per heavy atom. The molecule has 0 saturated carbocycles. The molecule has 2 heterocycles. The summed E-state index contributed by atoms with van der Waals surface area (Å²) in [6.07, 6.45) is 3.61. The Hall–Kier alpha value is -2.92. The van der Waals surface area contributed by atoms with Crippen LogP contribution in [0.25, 0.3) is 0 Å². The Balaban J connectivity index is 1.63. The highest BCUT2D eigenvalue weighted by Gasteiger charge is 2.26. The lowest BCUT2D eigenvalue weighted by molar-refractivity contribution is 0.215. The zero-order valence-corrected chi connectivity index (χ0v) is 26.4. The zero-order chi connectivity index (χ0) is 29.9. The van der Waals surface area contributed by atoms with Gasteiger partial charge >= 0.3 is 0 Å². The molecular weight excluding hydrogens is 560 g/mol. The van der Waals surface area contributed by atoms with E-state index in [1.54, 1.807) is 38.1 Å². The summed E-state index contributed by atoms with van der Waals surface area (Å²) >= 11 is 6.44. The molecule has 1 fully saturated rings. The average Bonchev–Trinajstić information content (AvgIpc) is 2.92. The van der Waals surface area contributed by atoms with Gasteiger partial charge in [-0.25, -0.2) is 13.4 Å². The van der Waals surface area contributed by atoms with Crippen molar-refractivity contribution in [2.75, 3.05) is 31.3 Å². The minimum atomic E-state index is -3.53. The number of para-hydroxylation sites is 1. The van der Waals surface area contributed by atoms with Gasteiger partial charge in [-0.1, -0.05) is 23.7 Å². The summed E-state index contributed by atoms with van der Waals surface area (Å²) in [6, 6.07) is 11.7. The van der Waals surface area contributed by atoms with E-state index in [1.165, 1.54) is 11.8 Å². The van der Waals surface area contributed by atoms with Crippen molar-refractivity contribution in [2.45, 2.75) is 75.8 Å². The van der Waals surface area contributed by atoms with Crippen LogP contribution in [0.3, 0.4) is 0 Å². The normalized spacial score (nSPS) is 17.7. The van der Waals surface area contributed by atoms with Crippen LogP contribution < -0.4 is 20.7 Å². The molecule has 0 radical (unpaired) electrons. The number of sulfone groups is 1. The molecule has 41 heavy (non-hydrogen) atoms. The summed E-state index contributed by atoms with van der Waals surface area (Å²) in [5.41, 5.74) is 3.47. The molecule has 222 valence electrons. The maximum Gasteiger partial charge on any atom is 0.229 e. The summed E-state index contributed by atoms with van der Waals surface area (Å²) < 4.78 is 32.1. The number of ether oxygens (including phenoxy) is 1. The fourth-order valence-corrected chi connectivity index (χ4v) is 6.25. The number of nitrogens with zero attached hydrogens (tertiary/aromatic N) is 3. The van der Waals surface area contributed by atoms with Gasteiger partial charge in [0.05, 0.1) is 33.8 Å². The number of likely N-dealkylation sites (N-methyl/N-ethyl adjacent to an activating group) is 1. The average molecular weight is 601 g/mol. The number of rotatable bonds is 10. The first kappa shape index (κ1) is 31.0. The van der Waals surface area contributed by atoms with Crippen molar-refractivity contribution >= 4 is 44.6 Å². The third-order valence-electron chi connectivity index (χ3n) is 7.28. The predicted octanol–water partition coefficient (Wildman–Crippen LogP) is 6.25. The minimum Gasteiger partial charge on any atom is -0.489 e. The lowest BCUT2D eigenvalue weighted by atomic mass is 9.91. The van der Waals surface area contributed by atoms with Crippen LogP contribution in [0, 0.1) is 6.92 Å². The molecule has 0 bridgehead atoms. The summed E-state index contributed by atoms with van der Waals surface area (Å²) in [5.74, 6) is 1.29. The second-order valence-corrected chi connectivity index (χ2v) is 14.1. The van der Waals surface area contributed by atoms with Crippen LogP contribution in [-0.4, -0.2) is 61.3 Å². The van der Waals surface area contributed by atoms with Gasteiger partial charge in [0.1, 0.15) is 10.8 Å². The molecule has 0 spiro atoms. The van der Waals surface area contributed by atoms with Crippen molar-refractivity contribution in [2.24, 2.45) is 0 Å². The Labute approximate surface area is 249 Å². The first-order valence-electron chi connectivity index (χ1n) is 14.0. The monoisotopic (exact) mass is 600 g/mol. The van der Waals surface area contributed by atoms with Gasteiger partial charge in [0.15, 0.2) is 15.7 Å². The largest absolute Gasteiger partial charge is 0.489 e. The van der Waals surface area contributed by atoms with Crippen molar-refractivity contribution in [3.63, 3.8) is 0 Å². The number of benzene rings is 2. The molecule has 3 aromatic rings. The molecule has 0 amide bonds. The molecule has 0 aliphatic carbocycles. The standard InChI is InChI=1S/C30H41ClN6O3S/c1-18(2)40-27-15-22(24-13-12-21(16-32-24)37(6)7)20(5)14-26(27)35-30-33-17-23(31)29(36-30)34-25-10-8-9-11-28(25)41(38,39)19(3)4/h8-11,14-15,17-19,21,24,32H,12-13,16H2,1-7H3,(H2,33,34,35,36)/t21-,24+/m0/s1. The van der Waals surface area contributed by atoms with E-state index in [0.717, 1.165) is 30.6 Å². The molecule has 3 N–H and O–H groups in total. The predicted molar refractivity (Wildman–Crippen MR) is 167 cm³/mol. The molecule has 1 aliphatic heterocycles. The van der Waals surface area contributed by atoms with E-state index in [1.807, 2.05) is 13.8 Å². The first-order chi connectivity index (χ1) is 19.4. The third kappa shape index (κ3) is 7.30. The van der Waals surface area contributed by atoms with Crippen LogP contribution in [0.5, 0.6) is 5.75 Å². The van der Waals surface area contributed by atoms with Crippen LogP contribution in [0.4, 0.5) is 23.1 Å². The molecule has 4 rings (SSSR count). The highest BCUT2D eigenvalue weighted by Crippen LogP contribution is 2.37. The van der Waals surface area contributed by atoms with Gasteiger partial charge in [0.2, 0.25) is 5.95 Å². The van der Waals surface area contributed by atoms with Crippen LogP contribution in [-0.2, 0) is 9.84 Å². The van der Waals surface area contributed by atoms with E-state index in [-0.39, 0.29) is 27.9 Å². The molecule has 0 unspecified atom stereocenters. The second kappa shape index (κ2) is 12.9. The number of anilines is 4. The van der Waals surface area contributed by atoms with Gasteiger partial charge in [-0.15, -0.1) is 0 Å². The quantitative estimate of drug-likeness (QED) is 0.249. The number of halogens is 1. The molecule has 2 aromatic carbocycles. The fraction of sp³-hybridized carbons (Fsp3) is 0.467. The Bertz CT molecular complexity index is 1470. The Morgan fingerprint density at radius 2 is 1.80 bits per heavy atom. The number of hydrogen-bond donors (Lipinski definition) is 3. The molecule has 1 saturated heterocycles. The van der Waals surface area contributed by atoms with E-state index in [9.17, 15) is 8.42 Å². The second-order valence-electron chi connectivity index (χ2n) is 11.3. The summed E-state index contributed by atoms with van der Waals surface area (Å²) in [6.45, 7) is 10.3. The lowest BCUT2D eigenvalue weighted by Gasteiger charge is -2.34. The minimum absolute atomic E-state index is 0.0358. The SMILES string of the molecule is Cc1cc(Nc2ncc(Cl)c(Nc3ccccc3S(=O)(=O)C(C)C)n2)c(OC(C)C)cc1[C@H]1CC[C@H](N(C)C)CN1. The van der Waals surface area contributed by atoms with E-state index in [4.69, 9.17) is 16.3 Å². The lowest BCUT2D eigenvalue weighted by Crippen LogP contribution is -2.43. The fourth-order valence-electron chi connectivity index (χ4n) is 4.91. The van der Waals surface area contributed by atoms with Crippen LogP contribution >= 0.6 is 11.6 Å².